The number of sulfone groups is 1. The summed E-state index contributed by atoms with van der Waals surface area (Å²) >= 11 is 5.79. The molecule has 0 amide bonds. The van der Waals surface area contributed by atoms with E-state index in [4.69, 9.17) is 25.8 Å². The molecule has 0 saturated carbocycles. The first-order valence-corrected chi connectivity index (χ1v) is 9.16. The second-order valence-electron chi connectivity index (χ2n) is 5.04. The summed E-state index contributed by atoms with van der Waals surface area (Å²) in [7, 11) is 0.357. The van der Waals surface area contributed by atoms with Gasteiger partial charge in [-0.05, 0) is 48.0 Å². The van der Waals surface area contributed by atoms with Crippen LogP contribution in [0.15, 0.2) is 46.2 Å². The molecule has 8 heteroatoms. The van der Waals surface area contributed by atoms with Crippen LogP contribution in [-0.2, 0) is 9.84 Å². The maximum absolute atomic E-state index is 12.7. The summed E-state index contributed by atoms with van der Waals surface area (Å²) in [4.78, 5) is -0.448. The van der Waals surface area contributed by atoms with Gasteiger partial charge < -0.3 is 14.2 Å². The van der Waals surface area contributed by atoms with Crippen molar-refractivity contribution in [2.45, 2.75) is 4.90 Å². The van der Waals surface area contributed by atoms with Crippen LogP contribution in [-0.4, -0.2) is 29.7 Å². The number of benzene rings is 2. The number of rotatable bonds is 6. The lowest BCUT2D eigenvalue weighted by molar-refractivity contribution is 0.324. The summed E-state index contributed by atoms with van der Waals surface area (Å²) in [5, 5.41) is 9.78. The van der Waals surface area contributed by atoms with Crippen LogP contribution in [0.5, 0.6) is 17.2 Å². The molecule has 6 nitrogen and oxygen atoms in total. The first-order chi connectivity index (χ1) is 12.4. The molecule has 0 spiro atoms. The average molecular weight is 394 g/mol. The van der Waals surface area contributed by atoms with Gasteiger partial charge in [0.15, 0.2) is 11.5 Å². The Morgan fingerprint density at radius 2 is 1.58 bits per heavy atom. The largest absolute Gasteiger partial charge is 0.493 e. The Morgan fingerprint density at radius 1 is 1.04 bits per heavy atom. The Kier molecular flexibility index (Phi) is 6.14. The molecule has 26 heavy (non-hydrogen) atoms. The molecular weight excluding hydrogens is 378 g/mol. The summed E-state index contributed by atoms with van der Waals surface area (Å²) in [6.45, 7) is 0. The van der Waals surface area contributed by atoms with Crippen molar-refractivity contribution in [3.63, 3.8) is 0 Å². The van der Waals surface area contributed by atoms with Gasteiger partial charge in [0, 0.05) is 5.02 Å². The Morgan fingerprint density at radius 3 is 2.00 bits per heavy atom. The first kappa shape index (κ1) is 19.6. The number of methoxy groups -OCH3 is 3. The van der Waals surface area contributed by atoms with Crippen LogP contribution in [0, 0.1) is 11.3 Å². The van der Waals surface area contributed by atoms with E-state index in [1.54, 1.807) is 18.2 Å². The van der Waals surface area contributed by atoms with Gasteiger partial charge in [0.05, 0.1) is 26.2 Å². The fraction of sp³-hybridized carbons (Fsp3) is 0.167. The summed E-state index contributed by atoms with van der Waals surface area (Å²) in [5.74, 6) is 1.06. The molecular formula is C18H16ClNO5S. The fourth-order valence-electron chi connectivity index (χ4n) is 2.25. The molecule has 0 unspecified atom stereocenters. The second kappa shape index (κ2) is 8.13. The van der Waals surface area contributed by atoms with Crippen LogP contribution in [0.3, 0.4) is 0 Å². The zero-order valence-electron chi connectivity index (χ0n) is 14.3. The lowest BCUT2D eigenvalue weighted by Gasteiger charge is -2.13. The van der Waals surface area contributed by atoms with Crippen LogP contribution in [0.2, 0.25) is 5.02 Å². The maximum atomic E-state index is 12.7. The third-order valence-electron chi connectivity index (χ3n) is 3.51. The molecule has 2 rings (SSSR count). The van der Waals surface area contributed by atoms with E-state index in [2.05, 4.69) is 0 Å². The highest BCUT2D eigenvalue weighted by atomic mass is 35.5. The Labute approximate surface area is 157 Å². The molecule has 0 saturated heterocycles. The minimum atomic E-state index is -3.99. The number of nitriles is 1. The first-order valence-electron chi connectivity index (χ1n) is 7.29. The van der Waals surface area contributed by atoms with Crippen LogP contribution >= 0.6 is 11.6 Å². The fourth-order valence-corrected chi connectivity index (χ4v) is 3.53. The Bertz CT molecular complexity index is 951. The van der Waals surface area contributed by atoms with E-state index >= 15 is 0 Å². The Hall–Kier alpha value is -2.69. The standard InChI is InChI=1S/C18H16ClNO5S/c1-23-16-9-12(10-17(24-2)18(16)25-3)8-15(11-20)26(21,22)14-6-4-13(19)5-7-14/h4-10H,1-3H3/b15-8-. The minimum Gasteiger partial charge on any atom is -0.493 e. The predicted octanol–water partition coefficient (Wildman–Crippen LogP) is 3.70. The highest BCUT2D eigenvalue weighted by Gasteiger charge is 2.21. The zero-order valence-corrected chi connectivity index (χ0v) is 15.9. The highest BCUT2D eigenvalue weighted by molar-refractivity contribution is 7.95. The van der Waals surface area contributed by atoms with Gasteiger partial charge in [0.2, 0.25) is 15.6 Å². The van der Waals surface area contributed by atoms with E-state index in [0.29, 0.717) is 27.8 Å². The summed E-state index contributed by atoms with van der Waals surface area (Å²) in [6.07, 6.45) is 1.24. The van der Waals surface area contributed by atoms with E-state index in [9.17, 15) is 13.7 Å². The average Bonchev–Trinajstić information content (AvgIpc) is 2.65. The van der Waals surface area contributed by atoms with Crippen molar-refractivity contribution in [2.75, 3.05) is 21.3 Å². The maximum Gasteiger partial charge on any atom is 0.216 e. The number of allylic oxidation sites excluding steroid dienone is 1. The Balaban J connectivity index is 2.59. The van der Waals surface area contributed by atoms with Crippen molar-refractivity contribution in [2.24, 2.45) is 0 Å². The second-order valence-corrected chi connectivity index (χ2v) is 7.39. The molecule has 0 aliphatic rings. The smallest absolute Gasteiger partial charge is 0.216 e. The van der Waals surface area contributed by atoms with E-state index in [-0.39, 0.29) is 4.90 Å². The van der Waals surface area contributed by atoms with Crippen LogP contribution < -0.4 is 14.2 Å². The van der Waals surface area contributed by atoms with Gasteiger partial charge in [-0.2, -0.15) is 5.26 Å². The summed E-state index contributed by atoms with van der Waals surface area (Å²) in [6, 6.07) is 10.4. The van der Waals surface area contributed by atoms with Gasteiger partial charge in [0.25, 0.3) is 0 Å². The molecule has 2 aromatic rings. The molecule has 136 valence electrons. The van der Waals surface area contributed by atoms with Crippen LogP contribution in [0.4, 0.5) is 0 Å². The number of hydrogen-bond acceptors (Lipinski definition) is 6. The van der Waals surface area contributed by atoms with Gasteiger partial charge >= 0.3 is 0 Å². The molecule has 0 atom stereocenters. The lowest BCUT2D eigenvalue weighted by Crippen LogP contribution is -2.03. The van der Waals surface area contributed by atoms with E-state index < -0.39 is 14.7 Å². The van der Waals surface area contributed by atoms with Crippen molar-refractivity contribution in [1.82, 2.24) is 0 Å². The number of hydrogen-bond donors (Lipinski definition) is 0. The van der Waals surface area contributed by atoms with E-state index in [1.807, 2.05) is 0 Å². The molecule has 0 aliphatic carbocycles. The molecule has 0 bridgehead atoms. The molecule has 0 aromatic heterocycles. The molecule has 2 aromatic carbocycles. The molecule has 0 heterocycles. The predicted molar refractivity (Wildman–Crippen MR) is 98.3 cm³/mol. The molecule has 0 aliphatic heterocycles. The van der Waals surface area contributed by atoms with Crippen molar-refractivity contribution >= 4 is 27.5 Å². The van der Waals surface area contributed by atoms with Gasteiger partial charge in [-0.1, -0.05) is 11.6 Å². The quantitative estimate of drug-likeness (QED) is 0.695. The zero-order chi connectivity index (χ0) is 19.3. The highest BCUT2D eigenvalue weighted by Crippen LogP contribution is 2.39. The number of ether oxygens (including phenoxy) is 3. The topological polar surface area (TPSA) is 85.6 Å². The number of nitrogens with zero attached hydrogens (tertiary/aromatic N) is 1. The molecule has 0 radical (unpaired) electrons. The lowest BCUT2D eigenvalue weighted by atomic mass is 10.1. The minimum absolute atomic E-state index is 0.0258. The summed E-state index contributed by atoms with van der Waals surface area (Å²) < 4.78 is 41.1. The van der Waals surface area contributed by atoms with Crippen LogP contribution in [0.1, 0.15) is 5.56 Å². The normalized spacial score (nSPS) is 11.6. The van der Waals surface area contributed by atoms with Gasteiger partial charge in [-0.3, -0.25) is 0 Å². The van der Waals surface area contributed by atoms with E-state index in [1.165, 1.54) is 51.7 Å². The van der Waals surface area contributed by atoms with E-state index in [0.717, 1.165) is 0 Å². The monoisotopic (exact) mass is 393 g/mol. The van der Waals surface area contributed by atoms with Gasteiger partial charge in [-0.15, -0.1) is 0 Å². The molecule has 0 fully saturated rings. The summed E-state index contributed by atoms with van der Waals surface area (Å²) in [5.41, 5.74) is 0.411. The number of halogens is 1. The van der Waals surface area contributed by atoms with Crippen molar-refractivity contribution < 1.29 is 22.6 Å². The van der Waals surface area contributed by atoms with Crippen molar-refractivity contribution in [1.29, 1.82) is 5.26 Å². The van der Waals surface area contributed by atoms with Crippen molar-refractivity contribution in [3.8, 4) is 23.3 Å². The van der Waals surface area contributed by atoms with Crippen molar-refractivity contribution in [3.05, 3.63) is 51.9 Å². The third-order valence-corrected chi connectivity index (χ3v) is 5.44. The van der Waals surface area contributed by atoms with Crippen LogP contribution in [0.25, 0.3) is 6.08 Å². The SMILES string of the molecule is COc1cc(/C=C(/C#N)S(=O)(=O)c2ccc(Cl)cc2)cc(OC)c1OC. The van der Waals surface area contributed by atoms with Gasteiger partial charge in [0.1, 0.15) is 11.0 Å². The third kappa shape index (κ3) is 3.93. The van der Waals surface area contributed by atoms with Gasteiger partial charge in [-0.25, -0.2) is 8.42 Å². The molecule has 0 N–H and O–H groups in total.